The molecule has 1 rings (SSSR count). The molecular weight excluding hydrogens is 307 g/mol. The van der Waals surface area contributed by atoms with Crippen molar-refractivity contribution >= 4 is 19.9 Å². The van der Waals surface area contributed by atoms with E-state index in [2.05, 4.69) is 4.72 Å². The molecule has 1 unspecified atom stereocenters. The van der Waals surface area contributed by atoms with E-state index in [0.717, 1.165) is 24.5 Å². The second-order valence-electron chi connectivity index (χ2n) is 4.38. The highest BCUT2D eigenvalue weighted by Gasteiger charge is 2.22. The highest BCUT2D eigenvalue weighted by molar-refractivity contribution is 7.91. The Labute approximate surface area is 118 Å². The first kappa shape index (κ1) is 17.0. The molecule has 1 atom stereocenters. The Balaban J connectivity index is 3.18. The van der Waals surface area contributed by atoms with E-state index in [9.17, 15) is 21.2 Å². The molecule has 6 nitrogen and oxygen atoms in total. The summed E-state index contributed by atoms with van der Waals surface area (Å²) >= 11 is 0. The summed E-state index contributed by atoms with van der Waals surface area (Å²) in [5.41, 5.74) is 5.58. The van der Waals surface area contributed by atoms with Crippen LogP contribution in [0.4, 0.5) is 4.39 Å². The average Bonchev–Trinajstić information content (AvgIpc) is 2.34. The predicted octanol–water partition coefficient (Wildman–Crippen LogP) is 0.245. The van der Waals surface area contributed by atoms with E-state index in [0.29, 0.717) is 6.42 Å². The van der Waals surface area contributed by atoms with Gasteiger partial charge in [-0.2, -0.15) is 0 Å². The maximum atomic E-state index is 13.6. The van der Waals surface area contributed by atoms with Gasteiger partial charge >= 0.3 is 0 Å². The maximum Gasteiger partial charge on any atom is 0.243 e. The summed E-state index contributed by atoms with van der Waals surface area (Å²) in [4.78, 5) is -0.970. The number of nitrogens with one attached hydrogen (secondary N) is 1. The third-order valence-electron chi connectivity index (χ3n) is 2.68. The molecule has 0 fully saturated rings. The standard InChI is InChI=1S/C11H17FN2O4S2/c1-3-8(13)7-14-20(17,18)11-6-9(19(2,15)16)4-5-10(11)12/h4-6,8,14H,3,7,13H2,1-2H3. The van der Waals surface area contributed by atoms with Crippen LogP contribution in [0, 0.1) is 5.82 Å². The van der Waals surface area contributed by atoms with Crippen LogP contribution in [0.5, 0.6) is 0 Å². The summed E-state index contributed by atoms with van der Waals surface area (Å²) in [7, 11) is -7.77. The molecule has 0 radical (unpaired) electrons. The topological polar surface area (TPSA) is 106 Å². The summed E-state index contributed by atoms with van der Waals surface area (Å²) < 4.78 is 62.4. The van der Waals surface area contributed by atoms with Gasteiger partial charge in [-0.15, -0.1) is 0 Å². The van der Waals surface area contributed by atoms with Gasteiger partial charge in [0, 0.05) is 18.8 Å². The molecule has 9 heteroatoms. The molecule has 0 heterocycles. The fourth-order valence-corrected chi connectivity index (χ4v) is 3.28. The lowest BCUT2D eigenvalue weighted by atomic mass is 10.2. The van der Waals surface area contributed by atoms with Gasteiger partial charge in [0.15, 0.2) is 9.84 Å². The van der Waals surface area contributed by atoms with Gasteiger partial charge in [-0.05, 0) is 24.6 Å². The van der Waals surface area contributed by atoms with Crippen LogP contribution in [-0.2, 0) is 19.9 Å². The smallest absolute Gasteiger partial charge is 0.243 e. The van der Waals surface area contributed by atoms with Gasteiger partial charge in [-0.25, -0.2) is 25.9 Å². The molecule has 1 aromatic rings. The zero-order chi connectivity index (χ0) is 15.6. The molecule has 0 bridgehead atoms. The number of halogens is 1. The third kappa shape index (κ3) is 4.23. The molecular formula is C11H17FN2O4S2. The third-order valence-corrected chi connectivity index (χ3v) is 5.23. The average molecular weight is 324 g/mol. The van der Waals surface area contributed by atoms with Crippen molar-refractivity contribution in [2.24, 2.45) is 5.73 Å². The van der Waals surface area contributed by atoms with Gasteiger partial charge in [0.2, 0.25) is 10.0 Å². The minimum absolute atomic E-state index is 0.0542. The zero-order valence-electron chi connectivity index (χ0n) is 11.1. The highest BCUT2D eigenvalue weighted by atomic mass is 32.2. The van der Waals surface area contributed by atoms with Crippen molar-refractivity contribution in [2.75, 3.05) is 12.8 Å². The van der Waals surface area contributed by atoms with Crippen LogP contribution in [0.25, 0.3) is 0 Å². The fraction of sp³-hybridized carbons (Fsp3) is 0.455. The van der Waals surface area contributed by atoms with E-state index >= 15 is 0 Å². The van der Waals surface area contributed by atoms with Gasteiger partial charge in [0.25, 0.3) is 0 Å². The van der Waals surface area contributed by atoms with Gasteiger partial charge < -0.3 is 5.73 Å². The van der Waals surface area contributed by atoms with Crippen molar-refractivity contribution in [1.29, 1.82) is 0 Å². The quantitative estimate of drug-likeness (QED) is 0.729. The van der Waals surface area contributed by atoms with Crippen LogP contribution in [0.2, 0.25) is 0 Å². The zero-order valence-corrected chi connectivity index (χ0v) is 12.8. The normalized spacial score (nSPS) is 14.2. The SMILES string of the molecule is CCC(N)CNS(=O)(=O)c1cc(S(C)(=O)=O)ccc1F. The van der Waals surface area contributed by atoms with Crippen LogP contribution in [-0.4, -0.2) is 35.7 Å². The van der Waals surface area contributed by atoms with Gasteiger partial charge in [0.1, 0.15) is 10.7 Å². The van der Waals surface area contributed by atoms with Gasteiger partial charge in [-0.3, -0.25) is 0 Å². The first-order chi connectivity index (χ1) is 9.08. The van der Waals surface area contributed by atoms with Crippen molar-refractivity contribution < 1.29 is 21.2 Å². The largest absolute Gasteiger partial charge is 0.327 e. The number of nitrogens with two attached hydrogens (primary N) is 1. The number of hydrogen-bond donors (Lipinski definition) is 2. The van der Waals surface area contributed by atoms with Crippen LogP contribution in [0.15, 0.2) is 28.0 Å². The van der Waals surface area contributed by atoms with Crippen LogP contribution in [0.3, 0.4) is 0 Å². The molecule has 0 aliphatic heterocycles. The number of rotatable bonds is 6. The first-order valence-electron chi connectivity index (χ1n) is 5.82. The maximum absolute atomic E-state index is 13.6. The van der Waals surface area contributed by atoms with Crippen molar-refractivity contribution in [2.45, 2.75) is 29.2 Å². The molecule has 3 N–H and O–H groups in total. The highest BCUT2D eigenvalue weighted by Crippen LogP contribution is 2.19. The van der Waals surface area contributed by atoms with Crippen LogP contribution < -0.4 is 10.5 Å². The summed E-state index contributed by atoms with van der Waals surface area (Å²) in [5, 5.41) is 0. The number of hydrogen-bond acceptors (Lipinski definition) is 5. The Morgan fingerprint density at radius 2 is 1.90 bits per heavy atom. The molecule has 1 aromatic carbocycles. The number of sulfone groups is 1. The monoisotopic (exact) mass is 324 g/mol. The summed E-state index contributed by atoms with van der Waals surface area (Å²) in [5.74, 6) is -1.02. The number of sulfonamides is 1. The Kier molecular flexibility index (Phi) is 5.25. The Morgan fingerprint density at radius 1 is 1.30 bits per heavy atom. The van der Waals surface area contributed by atoms with Crippen LogP contribution >= 0.6 is 0 Å². The molecule has 0 aliphatic rings. The van der Waals surface area contributed by atoms with E-state index in [1.165, 1.54) is 0 Å². The second-order valence-corrected chi connectivity index (χ2v) is 8.14. The van der Waals surface area contributed by atoms with E-state index in [-0.39, 0.29) is 11.4 Å². The Morgan fingerprint density at radius 3 is 2.40 bits per heavy atom. The summed E-state index contributed by atoms with van der Waals surface area (Å²) in [6.45, 7) is 1.73. The number of benzene rings is 1. The molecule has 0 saturated heterocycles. The second kappa shape index (κ2) is 6.17. The van der Waals surface area contributed by atoms with E-state index in [4.69, 9.17) is 5.73 Å². The molecule has 0 spiro atoms. The molecule has 0 aromatic heterocycles. The van der Waals surface area contributed by atoms with E-state index in [1.807, 2.05) is 0 Å². The lowest BCUT2D eigenvalue weighted by molar-refractivity contribution is 0.545. The summed E-state index contributed by atoms with van der Waals surface area (Å²) in [6.07, 6.45) is 1.46. The van der Waals surface area contributed by atoms with E-state index < -0.39 is 36.6 Å². The molecule has 0 amide bonds. The van der Waals surface area contributed by atoms with Crippen molar-refractivity contribution in [3.05, 3.63) is 24.0 Å². The minimum Gasteiger partial charge on any atom is -0.327 e. The summed E-state index contributed by atoms with van der Waals surface area (Å²) in [6, 6.07) is 2.22. The van der Waals surface area contributed by atoms with Crippen LogP contribution in [0.1, 0.15) is 13.3 Å². The molecule has 0 aliphatic carbocycles. The van der Waals surface area contributed by atoms with E-state index in [1.54, 1.807) is 6.92 Å². The Hall–Kier alpha value is -1.03. The fourth-order valence-electron chi connectivity index (χ4n) is 1.36. The van der Waals surface area contributed by atoms with Crippen molar-refractivity contribution in [1.82, 2.24) is 4.72 Å². The lowest BCUT2D eigenvalue weighted by Crippen LogP contribution is -2.37. The predicted molar refractivity (Wildman–Crippen MR) is 73.0 cm³/mol. The lowest BCUT2D eigenvalue weighted by Gasteiger charge is -2.12. The Bertz CT molecular complexity index is 686. The molecule has 114 valence electrons. The van der Waals surface area contributed by atoms with Crippen molar-refractivity contribution in [3.8, 4) is 0 Å². The first-order valence-corrected chi connectivity index (χ1v) is 9.20. The van der Waals surface area contributed by atoms with Gasteiger partial charge in [-0.1, -0.05) is 6.92 Å². The molecule has 0 saturated carbocycles. The molecule has 20 heavy (non-hydrogen) atoms. The minimum atomic E-state index is -4.15. The van der Waals surface area contributed by atoms with Crippen molar-refractivity contribution in [3.63, 3.8) is 0 Å². The van der Waals surface area contributed by atoms with Gasteiger partial charge in [0.05, 0.1) is 4.90 Å².